The zero-order valence-corrected chi connectivity index (χ0v) is 16.1. The SMILES string of the molecule is CC(=O)N(C)CC(=O)N1C(C)CN(C(=O)OC(C)(C)C)C(C)C1C. The van der Waals surface area contributed by atoms with Crippen LogP contribution in [-0.4, -0.2) is 76.5 Å². The molecule has 0 aromatic carbocycles. The summed E-state index contributed by atoms with van der Waals surface area (Å²) in [7, 11) is 1.61. The molecule has 0 radical (unpaired) electrons. The summed E-state index contributed by atoms with van der Waals surface area (Å²) in [6, 6.07) is -0.465. The highest BCUT2D eigenvalue weighted by Crippen LogP contribution is 2.24. The normalized spacial score (nSPS) is 24.6. The smallest absolute Gasteiger partial charge is 0.410 e. The molecule has 1 aliphatic heterocycles. The molecule has 1 saturated heterocycles. The summed E-state index contributed by atoms with van der Waals surface area (Å²) >= 11 is 0. The van der Waals surface area contributed by atoms with Gasteiger partial charge in [0, 0.05) is 32.6 Å². The van der Waals surface area contributed by atoms with Crippen LogP contribution in [0.25, 0.3) is 0 Å². The zero-order chi connectivity index (χ0) is 18.8. The minimum atomic E-state index is -0.555. The second-order valence-electron chi connectivity index (χ2n) is 7.64. The molecule has 1 rings (SSSR count). The van der Waals surface area contributed by atoms with Crippen LogP contribution < -0.4 is 0 Å². The molecule has 1 aliphatic rings. The van der Waals surface area contributed by atoms with Gasteiger partial charge in [0.1, 0.15) is 5.60 Å². The number of carbonyl (C=O) groups excluding carboxylic acids is 3. The van der Waals surface area contributed by atoms with Crippen molar-refractivity contribution >= 4 is 17.9 Å². The maximum atomic E-state index is 12.6. The molecule has 0 aromatic rings. The fourth-order valence-electron chi connectivity index (χ4n) is 2.86. The van der Waals surface area contributed by atoms with E-state index in [2.05, 4.69) is 0 Å². The lowest BCUT2D eigenvalue weighted by molar-refractivity contribution is -0.145. The Morgan fingerprint density at radius 1 is 1.12 bits per heavy atom. The summed E-state index contributed by atoms with van der Waals surface area (Å²) in [4.78, 5) is 41.2. The highest BCUT2D eigenvalue weighted by molar-refractivity contribution is 5.84. The maximum Gasteiger partial charge on any atom is 0.410 e. The third-order valence-corrected chi connectivity index (χ3v) is 4.39. The predicted molar refractivity (Wildman–Crippen MR) is 91.5 cm³/mol. The standard InChI is InChI=1S/C17H31N3O4/c1-11-9-19(16(23)24-17(5,6)7)12(2)13(3)20(11)15(22)10-18(8)14(4)21/h11-13H,9-10H2,1-8H3. The highest BCUT2D eigenvalue weighted by Gasteiger charge is 2.41. The van der Waals surface area contributed by atoms with Crippen LogP contribution >= 0.6 is 0 Å². The van der Waals surface area contributed by atoms with Gasteiger partial charge in [-0.15, -0.1) is 0 Å². The molecule has 0 bridgehead atoms. The summed E-state index contributed by atoms with van der Waals surface area (Å²) in [5.41, 5.74) is -0.555. The molecule has 1 fully saturated rings. The molecule has 0 aromatic heterocycles. The van der Waals surface area contributed by atoms with Crippen molar-refractivity contribution in [3.8, 4) is 0 Å². The molecule has 3 atom stereocenters. The fraction of sp³-hybridized carbons (Fsp3) is 0.824. The number of hydrogen-bond donors (Lipinski definition) is 0. The Kier molecular flexibility index (Phi) is 6.25. The Labute approximate surface area is 144 Å². The van der Waals surface area contributed by atoms with Crippen LogP contribution in [0.4, 0.5) is 4.79 Å². The topological polar surface area (TPSA) is 70.2 Å². The Morgan fingerprint density at radius 2 is 1.67 bits per heavy atom. The van der Waals surface area contributed by atoms with Crippen LogP contribution in [0.2, 0.25) is 0 Å². The van der Waals surface area contributed by atoms with E-state index in [-0.39, 0.29) is 42.6 Å². The summed E-state index contributed by atoms with van der Waals surface area (Å²) in [5.74, 6) is -0.257. The van der Waals surface area contributed by atoms with Gasteiger partial charge in [0.2, 0.25) is 11.8 Å². The van der Waals surface area contributed by atoms with Gasteiger partial charge in [0.25, 0.3) is 0 Å². The molecule has 3 unspecified atom stereocenters. The lowest BCUT2D eigenvalue weighted by Crippen LogP contribution is -2.65. The van der Waals surface area contributed by atoms with Crippen molar-refractivity contribution in [2.24, 2.45) is 0 Å². The van der Waals surface area contributed by atoms with Crippen molar-refractivity contribution in [1.29, 1.82) is 0 Å². The lowest BCUT2D eigenvalue weighted by atomic mass is 10.0. The van der Waals surface area contributed by atoms with Crippen LogP contribution in [0.3, 0.4) is 0 Å². The molecule has 24 heavy (non-hydrogen) atoms. The summed E-state index contributed by atoms with van der Waals surface area (Å²) in [6.45, 7) is 13.1. The molecule has 0 spiro atoms. The van der Waals surface area contributed by atoms with Gasteiger partial charge >= 0.3 is 6.09 Å². The quantitative estimate of drug-likeness (QED) is 0.767. The van der Waals surface area contributed by atoms with Gasteiger partial charge in [-0.05, 0) is 41.5 Å². The van der Waals surface area contributed by atoms with Crippen LogP contribution in [0.5, 0.6) is 0 Å². The second kappa shape index (κ2) is 7.40. The third-order valence-electron chi connectivity index (χ3n) is 4.39. The van der Waals surface area contributed by atoms with Crippen molar-refractivity contribution < 1.29 is 19.1 Å². The first-order chi connectivity index (χ1) is 10.8. The molecule has 3 amide bonds. The molecule has 7 nitrogen and oxygen atoms in total. The van der Waals surface area contributed by atoms with Crippen LogP contribution in [0.15, 0.2) is 0 Å². The van der Waals surface area contributed by atoms with Crippen molar-refractivity contribution in [2.45, 2.75) is 72.2 Å². The fourth-order valence-corrected chi connectivity index (χ4v) is 2.86. The van der Waals surface area contributed by atoms with E-state index in [1.807, 2.05) is 41.5 Å². The summed E-state index contributed by atoms with van der Waals surface area (Å²) in [5, 5.41) is 0. The van der Waals surface area contributed by atoms with Crippen molar-refractivity contribution in [1.82, 2.24) is 14.7 Å². The van der Waals surface area contributed by atoms with Crippen molar-refractivity contribution in [3.05, 3.63) is 0 Å². The minimum absolute atomic E-state index is 0.0448. The third kappa shape index (κ3) is 4.85. The predicted octanol–water partition coefficient (Wildman–Crippen LogP) is 1.71. The van der Waals surface area contributed by atoms with E-state index in [0.717, 1.165) is 0 Å². The molecule has 138 valence electrons. The Morgan fingerprint density at radius 3 is 2.12 bits per heavy atom. The first kappa shape index (κ1) is 20.3. The number of rotatable bonds is 2. The Hall–Kier alpha value is -1.79. The van der Waals surface area contributed by atoms with Gasteiger partial charge < -0.3 is 19.4 Å². The molecule has 7 heteroatoms. The number of ether oxygens (including phenoxy) is 1. The van der Waals surface area contributed by atoms with E-state index in [1.165, 1.54) is 11.8 Å². The molecular formula is C17H31N3O4. The van der Waals surface area contributed by atoms with Crippen LogP contribution in [0, 0.1) is 0 Å². The van der Waals surface area contributed by atoms with Gasteiger partial charge in [0.05, 0.1) is 12.6 Å². The maximum absolute atomic E-state index is 12.6. The molecule has 0 aliphatic carbocycles. The van der Waals surface area contributed by atoms with Crippen LogP contribution in [0.1, 0.15) is 48.5 Å². The summed E-state index contributed by atoms with van der Waals surface area (Å²) in [6.07, 6.45) is -0.360. The monoisotopic (exact) mass is 341 g/mol. The van der Waals surface area contributed by atoms with E-state index in [9.17, 15) is 14.4 Å². The lowest BCUT2D eigenvalue weighted by Gasteiger charge is -2.48. The average molecular weight is 341 g/mol. The minimum Gasteiger partial charge on any atom is -0.444 e. The van der Waals surface area contributed by atoms with Gasteiger partial charge in [-0.3, -0.25) is 9.59 Å². The molecule has 0 N–H and O–H groups in total. The molecule has 1 heterocycles. The largest absolute Gasteiger partial charge is 0.444 e. The van der Waals surface area contributed by atoms with Crippen molar-refractivity contribution in [3.63, 3.8) is 0 Å². The second-order valence-corrected chi connectivity index (χ2v) is 7.64. The van der Waals surface area contributed by atoms with E-state index < -0.39 is 5.60 Å². The number of amides is 3. The van der Waals surface area contributed by atoms with Crippen molar-refractivity contribution in [2.75, 3.05) is 20.1 Å². The number of hydrogen-bond acceptors (Lipinski definition) is 4. The molecular weight excluding hydrogens is 310 g/mol. The van der Waals surface area contributed by atoms with Gasteiger partial charge in [-0.1, -0.05) is 0 Å². The average Bonchev–Trinajstić information content (AvgIpc) is 2.40. The van der Waals surface area contributed by atoms with E-state index >= 15 is 0 Å². The van der Waals surface area contributed by atoms with Gasteiger partial charge in [0.15, 0.2) is 0 Å². The first-order valence-corrected chi connectivity index (χ1v) is 8.37. The van der Waals surface area contributed by atoms with Crippen LogP contribution in [-0.2, 0) is 14.3 Å². The molecule has 0 saturated carbocycles. The number of carbonyl (C=O) groups is 3. The highest BCUT2D eigenvalue weighted by atomic mass is 16.6. The number of likely N-dealkylation sites (N-methyl/N-ethyl adjacent to an activating group) is 1. The van der Waals surface area contributed by atoms with E-state index in [0.29, 0.717) is 6.54 Å². The Bertz CT molecular complexity index is 501. The Balaban J connectivity index is 2.85. The van der Waals surface area contributed by atoms with E-state index in [4.69, 9.17) is 4.74 Å². The number of piperazine rings is 1. The zero-order valence-electron chi connectivity index (χ0n) is 16.1. The summed E-state index contributed by atoms with van der Waals surface area (Å²) < 4.78 is 5.47. The first-order valence-electron chi connectivity index (χ1n) is 8.37. The number of nitrogens with zero attached hydrogens (tertiary/aromatic N) is 3. The van der Waals surface area contributed by atoms with Gasteiger partial charge in [-0.2, -0.15) is 0 Å². The van der Waals surface area contributed by atoms with Gasteiger partial charge in [-0.25, -0.2) is 4.79 Å². The van der Waals surface area contributed by atoms with E-state index in [1.54, 1.807) is 16.8 Å².